The average molecular weight is 165 g/mol. The van der Waals surface area contributed by atoms with E-state index in [9.17, 15) is 0 Å². The molecule has 0 aliphatic heterocycles. The lowest BCUT2D eigenvalue weighted by molar-refractivity contribution is 0.408. The van der Waals surface area contributed by atoms with Gasteiger partial charge in [-0.1, -0.05) is 5.22 Å². The van der Waals surface area contributed by atoms with Crippen LogP contribution in [0.4, 0.5) is 5.69 Å². The van der Waals surface area contributed by atoms with Gasteiger partial charge >= 0.3 is 0 Å². The molecule has 0 radical (unpaired) electrons. The van der Waals surface area contributed by atoms with Crippen molar-refractivity contribution in [3.8, 4) is 5.75 Å². The molecule has 1 aromatic rings. The molecule has 1 N–H and O–H groups in total. The third-order valence-corrected chi connectivity index (χ3v) is 1.19. The maximum atomic E-state index is 8.95. The largest absolute Gasteiger partial charge is 0.508 e. The molecular weight excluding hydrogens is 154 g/mol. The summed E-state index contributed by atoms with van der Waals surface area (Å²) in [5, 5.41) is 18.2. The maximum absolute atomic E-state index is 8.95. The van der Waals surface area contributed by atoms with Gasteiger partial charge in [-0.15, -0.1) is 5.11 Å². The number of rotatable bonds is 2. The van der Waals surface area contributed by atoms with Gasteiger partial charge in [-0.05, 0) is 24.3 Å². The molecular formula is C8H11N3O. The molecule has 0 aliphatic carbocycles. The first kappa shape index (κ1) is 8.52. The highest BCUT2D eigenvalue weighted by Crippen LogP contribution is 2.16. The van der Waals surface area contributed by atoms with Crippen molar-refractivity contribution in [1.29, 1.82) is 0 Å². The summed E-state index contributed by atoms with van der Waals surface area (Å²) < 4.78 is 0. The summed E-state index contributed by atoms with van der Waals surface area (Å²) in [4.78, 5) is 0. The van der Waals surface area contributed by atoms with Crippen LogP contribution in [-0.4, -0.2) is 24.2 Å². The predicted octanol–water partition coefficient (Wildman–Crippen LogP) is 1.95. The van der Waals surface area contributed by atoms with Crippen LogP contribution in [0.5, 0.6) is 5.75 Å². The molecule has 1 aromatic carbocycles. The van der Waals surface area contributed by atoms with E-state index in [0.29, 0.717) is 0 Å². The third kappa shape index (κ3) is 2.57. The van der Waals surface area contributed by atoms with Gasteiger partial charge in [0.15, 0.2) is 0 Å². The first-order valence-electron chi connectivity index (χ1n) is 3.56. The van der Waals surface area contributed by atoms with Crippen LogP contribution < -0.4 is 0 Å². The van der Waals surface area contributed by atoms with Gasteiger partial charge in [0.05, 0.1) is 5.69 Å². The van der Waals surface area contributed by atoms with Gasteiger partial charge in [0, 0.05) is 14.1 Å². The molecule has 0 bridgehead atoms. The second-order valence-corrected chi connectivity index (χ2v) is 2.55. The van der Waals surface area contributed by atoms with Gasteiger partial charge < -0.3 is 5.11 Å². The fourth-order valence-corrected chi connectivity index (χ4v) is 0.660. The van der Waals surface area contributed by atoms with E-state index < -0.39 is 0 Å². The van der Waals surface area contributed by atoms with Crippen LogP contribution in [0, 0.1) is 0 Å². The lowest BCUT2D eigenvalue weighted by Gasteiger charge is -1.99. The highest BCUT2D eigenvalue weighted by molar-refractivity contribution is 5.39. The number of benzene rings is 1. The minimum atomic E-state index is 0.235. The number of hydrogen-bond donors (Lipinski definition) is 1. The second kappa shape index (κ2) is 3.71. The normalized spacial score (nSPS) is 10.5. The monoisotopic (exact) mass is 165 g/mol. The van der Waals surface area contributed by atoms with Crippen LogP contribution in [0.1, 0.15) is 0 Å². The van der Waals surface area contributed by atoms with Crippen LogP contribution >= 0.6 is 0 Å². The molecule has 0 heterocycles. The first-order chi connectivity index (χ1) is 5.68. The zero-order valence-corrected chi connectivity index (χ0v) is 7.10. The highest BCUT2D eigenvalue weighted by Gasteiger charge is 1.89. The van der Waals surface area contributed by atoms with Crippen molar-refractivity contribution in [2.45, 2.75) is 0 Å². The van der Waals surface area contributed by atoms with Gasteiger partial charge in [-0.25, -0.2) is 0 Å². The fourth-order valence-electron chi connectivity index (χ4n) is 0.660. The highest BCUT2D eigenvalue weighted by atomic mass is 16.3. The molecule has 0 spiro atoms. The van der Waals surface area contributed by atoms with Crippen LogP contribution in [0.25, 0.3) is 0 Å². The predicted molar refractivity (Wildman–Crippen MR) is 46.3 cm³/mol. The van der Waals surface area contributed by atoms with Crippen molar-refractivity contribution in [2.75, 3.05) is 14.1 Å². The van der Waals surface area contributed by atoms with Crippen LogP contribution in [0.2, 0.25) is 0 Å². The van der Waals surface area contributed by atoms with E-state index in [1.807, 2.05) is 0 Å². The van der Waals surface area contributed by atoms with E-state index in [0.717, 1.165) is 5.69 Å². The SMILES string of the molecule is CN(C)N=Nc1ccc(O)cc1. The van der Waals surface area contributed by atoms with Gasteiger partial charge in [0.1, 0.15) is 5.75 Å². The summed E-state index contributed by atoms with van der Waals surface area (Å²) in [6.07, 6.45) is 0. The summed E-state index contributed by atoms with van der Waals surface area (Å²) in [6, 6.07) is 6.54. The third-order valence-electron chi connectivity index (χ3n) is 1.19. The zero-order valence-electron chi connectivity index (χ0n) is 7.10. The average Bonchev–Trinajstić information content (AvgIpc) is 2.03. The molecule has 4 heteroatoms. The number of phenolic OH excluding ortho intramolecular Hbond substituents is 1. The summed E-state index contributed by atoms with van der Waals surface area (Å²) in [5.41, 5.74) is 0.724. The van der Waals surface area contributed by atoms with E-state index in [2.05, 4.69) is 10.3 Å². The van der Waals surface area contributed by atoms with E-state index in [4.69, 9.17) is 5.11 Å². The Hall–Kier alpha value is -1.58. The van der Waals surface area contributed by atoms with Crippen LogP contribution in [0.15, 0.2) is 34.6 Å². The van der Waals surface area contributed by atoms with Crippen molar-refractivity contribution >= 4 is 5.69 Å². The molecule has 0 fully saturated rings. The van der Waals surface area contributed by atoms with Gasteiger partial charge in [0.2, 0.25) is 0 Å². The molecule has 64 valence electrons. The van der Waals surface area contributed by atoms with Crippen LogP contribution in [-0.2, 0) is 0 Å². The Bertz CT molecular complexity index is 266. The van der Waals surface area contributed by atoms with Gasteiger partial charge in [-0.2, -0.15) is 0 Å². The number of phenols is 1. The van der Waals surface area contributed by atoms with Crippen molar-refractivity contribution in [3.63, 3.8) is 0 Å². The standard InChI is InChI=1S/C8H11N3O/c1-11(2)10-9-7-3-5-8(12)6-4-7/h3-6,12H,1-2H3. The molecule has 0 atom stereocenters. The van der Waals surface area contributed by atoms with E-state index in [1.54, 1.807) is 43.4 Å². The summed E-state index contributed by atoms with van der Waals surface area (Å²) >= 11 is 0. The Balaban J connectivity index is 2.71. The van der Waals surface area contributed by atoms with Crippen molar-refractivity contribution in [1.82, 2.24) is 5.01 Å². The molecule has 0 aliphatic rings. The van der Waals surface area contributed by atoms with Crippen molar-refractivity contribution in [2.24, 2.45) is 10.3 Å². The Morgan fingerprint density at radius 3 is 2.25 bits per heavy atom. The van der Waals surface area contributed by atoms with Crippen molar-refractivity contribution < 1.29 is 5.11 Å². The molecule has 0 aromatic heterocycles. The van der Waals surface area contributed by atoms with Gasteiger partial charge in [-0.3, -0.25) is 5.01 Å². The molecule has 0 unspecified atom stereocenters. The summed E-state index contributed by atoms with van der Waals surface area (Å²) in [6.45, 7) is 0. The molecule has 1 rings (SSSR count). The molecule has 0 saturated heterocycles. The summed E-state index contributed by atoms with van der Waals surface area (Å²) in [7, 11) is 3.59. The number of hydrogen-bond acceptors (Lipinski definition) is 3. The summed E-state index contributed by atoms with van der Waals surface area (Å²) in [5.74, 6) is 0.235. The van der Waals surface area contributed by atoms with Crippen LogP contribution in [0.3, 0.4) is 0 Å². The second-order valence-electron chi connectivity index (χ2n) is 2.55. The topological polar surface area (TPSA) is 48.2 Å². The Morgan fingerprint density at radius 2 is 1.75 bits per heavy atom. The quantitative estimate of drug-likeness (QED) is 0.537. The smallest absolute Gasteiger partial charge is 0.115 e. The minimum Gasteiger partial charge on any atom is -0.508 e. The number of nitrogens with zero attached hydrogens (tertiary/aromatic N) is 3. The van der Waals surface area contributed by atoms with E-state index in [-0.39, 0.29) is 5.75 Å². The molecule has 0 saturated carbocycles. The zero-order chi connectivity index (χ0) is 8.97. The van der Waals surface area contributed by atoms with E-state index >= 15 is 0 Å². The fraction of sp³-hybridized carbons (Fsp3) is 0.250. The minimum absolute atomic E-state index is 0.235. The molecule has 4 nitrogen and oxygen atoms in total. The molecule has 12 heavy (non-hydrogen) atoms. The number of aromatic hydroxyl groups is 1. The first-order valence-corrected chi connectivity index (χ1v) is 3.56. The Labute approximate surface area is 71.1 Å². The Morgan fingerprint density at radius 1 is 1.17 bits per heavy atom. The van der Waals surface area contributed by atoms with Gasteiger partial charge in [0.25, 0.3) is 0 Å². The van der Waals surface area contributed by atoms with E-state index in [1.165, 1.54) is 0 Å². The lowest BCUT2D eigenvalue weighted by atomic mass is 10.3. The van der Waals surface area contributed by atoms with Crippen molar-refractivity contribution in [3.05, 3.63) is 24.3 Å². The Kier molecular flexibility index (Phi) is 2.63. The molecule has 0 amide bonds. The lowest BCUT2D eigenvalue weighted by Crippen LogP contribution is -1.98. The maximum Gasteiger partial charge on any atom is 0.115 e.